The molecule has 1 fully saturated rings. The summed E-state index contributed by atoms with van der Waals surface area (Å²) in [6.45, 7) is 6.59. The molecule has 0 saturated carbocycles. The fraction of sp³-hybridized carbons (Fsp3) is 0.375. The average molecular weight is 474 g/mol. The van der Waals surface area contributed by atoms with E-state index in [1.807, 2.05) is 39.0 Å². The van der Waals surface area contributed by atoms with Crippen LogP contribution >= 0.6 is 23.8 Å². The van der Waals surface area contributed by atoms with Gasteiger partial charge in [-0.3, -0.25) is 10.1 Å². The first-order chi connectivity index (χ1) is 15.1. The van der Waals surface area contributed by atoms with Crippen LogP contribution in [0.15, 0.2) is 48.5 Å². The van der Waals surface area contributed by atoms with Crippen molar-refractivity contribution >= 4 is 40.9 Å². The Hall–Kier alpha value is -2.64. The van der Waals surface area contributed by atoms with Gasteiger partial charge in [0.25, 0.3) is 5.91 Å². The Morgan fingerprint density at radius 1 is 1.19 bits per heavy atom. The van der Waals surface area contributed by atoms with Crippen LogP contribution in [0.1, 0.15) is 61.1 Å². The Morgan fingerprint density at radius 2 is 1.91 bits per heavy atom. The summed E-state index contributed by atoms with van der Waals surface area (Å²) in [5, 5.41) is 6.61. The van der Waals surface area contributed by atoms with Crippen molar-refractivity contribution in [2.24, 2.45) is 0 Å². The maximum Gasteiger partial charge on any atom is 0.410 e. The molecule has 2 N–H and O–H groups in total. The molecule has 0 spiro atoms. The first kappa shape index (κ1) is 24.0. The van der Waals surface area contributed by atoms with E-state index in [0.29, 0.717) is 23.7 Å². The minimum absolute atomic E-state index is 0.132. The lowest BCUT2D eigenvalue weighted by Crippen LogP contribution is -2.39. The molecule has 6 nitrogen and oxygen atoms in total. The van der Waals surface area contributed by atoms with Gasteiger partial charge >= 0.3 is 6.09 Å². The zero-order valence-electron chi connectivity index (χ0n) is 18.5. The van der Waals surface area contributed by atoms with Crippen LogP contribution in [0.25, 0.3) is 0 Å². The van der Waals surface area contributed by atoms with Gasteiger partial charge in [-0.15, -0.1) is 0 Å². The second kappa shape index (κ2) is 10.3. The van der Waals surface area contributed by atoms with Crippen LogP contribution in [0.5, 0.6) is 0 Å². The fourth-order valence-corrected chi connectivity index (χ4v) is 4.00. The highest BCUT2D eigenvalue weighted by molar-refractivity contribution is 7.80. The maximum atomic E-state index is 12.7. The van der Waals surface area contributed by atoms with E-state index in [2.05, 4.69) is 10.6 Å². The third-order valence-electron chi connectivity index (χ3n) is 5.05. The van der Waals surface area contributed by atoms with Gasteiger partial charge in [0.05, 0.1) is 6.04 Å². The zero-order valence-corrected chi connectivity index (χ0v) is 20.1. The van der Waals surface area contributed by atoms with E-state index in [-0.39, 0.29) is 23.2 Å². The lowest BCUT2D eigenvalue weighted by molar-refractivity contribution is 0.0224. The van der Waals surface area contributed by atoms with Crippen LogP contribution in [-0.2, 0) is 11.3 Å². The number of hydrogen-bond acceptors (Lipinski definition) is 4. The second-order valence-corrected chi connectivity index (χ2v) is 9.52. The molecule has 8 heteroatoms. The Bertz CT molecular complexity index is 992. The predicted octanol–water partition coefficient (Wildman–Crippen LogP) is 5.22. The van der Waals surface area contributed by atoms with Gasteiger partial charge in [0.2, 0.25) is 0 Å². The van der Waals surface area contributed by atoms with Crippen LogP contribution in [-0.4, -0.2) is 34.2 Å². The summed E-state index contributed by atoms with van der Waals surface area (Å²) >= 11 is 11.6. The third-order valence-corrected chi connectivity index (χ3v) is 5.53. The highest BCUT2D eigenvalue weighted by Crippen LogP contribution is 2.36. The largest absolute Gasteiger partial charge is 0.444 e. The number of carbonyl (C=O) groups is 2. The molecule has 32 heavy (non-hydrogen) atoms. The van der Waals surface area contributed by atoms with Crippen molar-refractivity contribution in [3.05, 3.63) is 70.2 Å². The predicted molar refractivity (Wildman–Crippen MR) is 130 cm³/mol. The second-order valence-electron chi connectivity index (χ2n) is 8.68. The molecular formula is C24H28ClN3O3S. The standard InChI is InChI=1S/C24H28ClN3O3S/c1-24(2,3)31-23(30)28-13-7-10-20(28)19-14-18(25)12-11-17(19)15-26-22(32)27-21(29)16-8-5-4-6-9-16/h4-6,8-9,11-12,14,20H,7,10,13,15H2,1-3H3,(H2,26,27,29,32). The molecule has 0 radical (unpaired) electrons. The van der Waals surface area contributed by atoms with Gasteiger partial charge in [-0.25, -0.2) is 4.79 Å². The van der Waals surface area contributed by atoms with Crippen LogP contribution in [0.2, 0.25) is 5.02 Å². The van der Waals surface area contributed by atoms with Crippen molar-refractivity contribution in [1.29, 1.82) is 0 Å². The van der Waals surface area contributed by atoms with Crippen molar-refractivity contribution in [2.75, 3.05) is 6.54 Å². The number of hydrogen-bond donors (Lipinski definition) is 2. The van der Waals surface area contributed by atoms with Gasteiger partial charge in [-0.1, -0.05) is 35.9 Å². The summed E-state index contributed by atoms with van der Waals surface area (Å²) in [5.74, 6) is -0.272. The quantitative estimate of drug-likeness (QED) is 0.596. The Kier molecular flexibility index (Phi) is 7.74. The summed E-state index contributed by atoms with van der Waals surface area (Å²) in [4.78, 5) is 26.8. The molecule has 1 aliphatic rings. The van der Waals surface area contributed by atoms with E-state index in [1.165, 1.54) is 0 Å². The number of nitrogens with one attached hydrogen (secondary N) is 2. The lowest BCUT2D eigenvalue weighted by atomic mass is 9.98. The van der Waals surface area contributed by atoms with E-state index < -0.39 is 5.60 Å². The minimum atomic E-state index is -0.563. The van der Waals surface area contributed by atoms with Crippen molar-refractivity contribution in [3.8, 4) is 0 Å². The molecule has 2 aromatic carbocycles. The molecule has 0 aliphatic carbocycles. The van der Waals surface area contributed by atoms with Gasteiger partial charge in [0, 0.05) is 23.7 Å². The normalized spacial score (nSPS) is 15.9. The molecule has 1 saturated heterocycles. The molecule has 2 amide bonds. The Morgan fingerprint density at radius 3 is 2.59 bits per heavy atom. The van der Waals surface area contributed by atoms with Crippen LogP contribution in [0.4, 0.5) is 4.79 Å². The monoisotopic (exact) mass is 473 g/mol. The Balaban J connectivity index is 1.70. The number of benzene rings is 2. The van der Waals surface area contributed by atoms with Gasteiger partial charge in [-0.05, 0) is 81.2 Å². The summed E-state index contributed by atoms with van der Waals surface area (Å²) < 4.78 is 5.60. The molecular weight excluding hydrogens is 446 g/mol. The molecule has 1 unspecified atom stereocenters. The van der Waals surface area contributed by atoms with Gasteiger partial charge in [0.15, 0.2) is 5.11 Å². The molecule has 1 aliphatic heterocycles. The van der Waals surface area contributed by atoms with E-state index in [1.54, 1.807) is 35.2 Å². The highest BCUT2D eigenvalue weighted by Gasteiger charge is 2.34. The first-order valence-electron chi connectivity index (χ1n) is 10.6. The number of halogens is 1. The average Bonchev–Trinajstić information content (AvgIpc) is 3.22. The molecule has 1 atom stereocenters. The number of amides is 2. The fourth-order valence-electron chi connectivity index (χ4n) is 3.65. The molecule has 0 aromatic heterocycles. The van der Waals surface area contributed by atoms with E-state index in [9.17, 15) is 9.59 Å². The van der Waals surface area contributed by atoms with Crippen molar-refractivity contribution in [2.45, 2.75) is 51.8 Å². The van der Waals surface area contributed by atoms with Crippen molar-refractivity contribution in [3.63, 3.8) is 0 Å². The molecule has 2 aromatic rings. The summed E-state index contributed by atoms with van der Waals surface area (Å²) in [5.41, 5.74) is 1.87. The number of likely N-dealkylation sites (tertiary alicyclic amines) is 1. The van der Waals surface area contributed by atoms with Crippen molar-refractivity contribution < 1.29 is 14.3 Å². The van der Waals surface area contributed by atoms with Crippen LogP contribution in [0.3, 0.4) is 0 Å². The number of ether oxygens (including phenoxy) is 1. The smallest absolute Gasteiger partial charge is 0.410 e. The minimum Gasteiger partial charge on any atom is -0.444 e. The zero-order chi connectivity index (χ0) is 23.3. The summed E-state index contributed by atoms with van der Waals surface area (Å²) in [6.07, 6.45) is 1.38. The lowest BCUT2D eigenvalue weighted by Gasteiger charge is -2.30. The number of nitrogens with zero attached hydrogens (tertiary/aromatic N) is 1. The Labute approximate surface area is 199 Å². The van der Waals surface area contributed by atoms with Crippen molar-refractivity contribution in [1.82, 2.24) is 15.5 Å². The molecule has 3 rings (SSSR count). The van der Waals surface area contributed by atoms with Crippen LogP contribution < -0.4 is 10.6 Å². The van der Waals surface area contributed by atoms with E-state index in [0.717, 1.165) is 24.0 Å². The summed E-state index contributed by atoms with van der Waals surface area (Å²) in [7, 11) is 0. The molecule has 0 bridgehead atoms. The van der Waals surface area contributed by atoms with Gasteiger partial charge in [0.1, 0.15) is 5.60 Å². The van der Waals surface area contributed by atoms with Crippen LogP contribution in [0, 0.1) is 0 Å². The van der Waals surface area contributed by atoms with E-state index in [4.69, 9.17) is 28.6 Å². The first-order valence-corrected chi connectivity index (χ1v) is 11.3. The van der Waals surface area contributed by atoms with Gasteiger partial charge in [-0.2, -0.15) is 0 Å². The molecule has 1 heterocycles. The topological polar surface area (TPSA) is 70.7 Å². The third kappa shape index (κ3) is 6.43. The SMILES string of the molecule is CC(C)(C)OC(=O)N1CCCC1c1cc(Cl)ccc1CNC(=S)NC(=O)c1ccccc1. The summed E-state index contributed by atoms with van der Waals surface area (Å²) in [6, 6.07) is 14.4. The van der Waals surface area contributed by atoms with E-state index >= 15 is 0 Å². The van der Waals surface area contributed by atoms with Gasteiger partial charge < -0.3 is 15.0 Å². The maximum absolute atomic E-state index is 12.7. The molecule has 170 valence electrons. The number of rotatable bonds is 4. The number of thiocarbonyl (C=S) groups is 1. The highest BCUT2D eigenvalue weighted by atomic mass is 35.5. The number of carbonyl (C=O) groups excluding carboxylic acids is 2.